The Balaban J connectivity index is 2.57. The summed E-state index contributed by atoms with van der Waals surface area (Å²) in [4.78, 5) is 2.51. The Bertz CT molecular complexity index is 571. The lowest BCUT2D eigenvalue weighted by molar-refractivity contribution is 0.378. The van der Waals surface area contributed by atoms with Crippen LogP contribution in [0.5, 0.6) is 11.5 Å². The first-order valence-electron chi connectivity index (χ1n) is 6.82. The Kier molecular flexibility index (Phi) is 5.67. The Morgan fingerprint density at radius 3 is 2.29 bits per heavy atom. The molecule has 0 aliphatic rings. The van der Waals surface area contributed by atoms with E-state index in [4.69, 9.17) is 9.47 Å². The molecular weight excluding hydrogens is 350 g/mol. The average molecular weight is 370 g/mol. The van der Waals surface area contributed by atoms with Gasteiger partial charge >= 0.3 is 0 Å². The largest absolute Gasteiger partial charge is 0.496 e. The summed E-state index contributed by atoms with van der Waals surface area (Å²) in [6.07, 6.45) is 0. The van der Waals surface area contributed by atoms with Gasteiger partial charge in [-0.25, -0.2) is 0 Å². The van der Waals surface area contributed by atoms with Gasteiger partial charge in [-0.2, -0.15) is 0 Å². The highest BCUT2D eigenvalue weighted by Gasteiger charge is 2.24. The van der Waals surface area contributed by atoms with E-state index in [9.17, 15) is 0 Å². The van der Waals surface area contributed by atoms with E-state index in [0.717, 1.165) is 28.1 Å². The zero-order valence-corrected chi connectivity index (χ0v) is 15.1. The maximum atomic E-state index is 5.55. The summed E-state index contributed by atoms with van der Waals surface area (Å²) in [5.41, 5.74) is 1.04. The molecule has 0 aliphatic carbocycles. The minimum absolute atomic E-state index is 0.0519. The van der Waals surface area contributed by atoms with Crippen LogP contribution in [0.15, 0.2) is 28.7 Å². The molecule has 1 heterocycles. The lowest BCUT2D eigenvalue weighted by Crippen LogP contribution is -2.22. The van der Waals surface area contributed by atoms with Crippen LogP contribution in [0.2, 0.25) is 0 Å². The maximum absolute atomic E-state index is 5.55. The number of halogens is 1. The maximum Gasteiger partial charge on any atom is 0.127 e. The fourth-order valence-electron chi connectivity index (χ4n) is 2.34. The number of aryl methyl sites for hydroxylation is 1. The molecule has 114 valence electrons. The van der Waals surface area contributed by atoms with E-state index >= 15 is 0 Å². The molecule has 2 aromatic rings. The third-order valence-corrected chi connectivity index (χ3v) is 5.53. The van der Waals surface area contributed by atoms with Crippen molar-refractivity contribution >= 4 is 27.3 Å². The molecule has 0 saturated carbocycles. The van der Waals surface area contributed by atoms with Crippen LogP contribution in [0.25, 0.3) is 0 Å². The number of thiophene rings is 1. The lowest BCUT2D eigenvalue weighted by Gasteiger charge is -2.22. The molecule has 5 heteroatoms. The van der Waals surface area contributed by atoms with Crippen molar-refractivity contribution in [1.29, 1.82) is 0 Å². The summed E-state index contributed by atoms with van der Waals surface area (Å²) < 4.78 is 12.2. The van der Waals surface area contributed by atoms with Crippen molar-refractivity contribution in [3.05, 3.63) is 44.1 Å². The third-order valence-electron chi connectivity index (χ3n) is 3.32. The fourth-order valence-corrected chi connectivity index (χ4v) is 3.98. The number of ether oxygens (including phenoxy) is 2. The predicted molar refractivity (Wildman–Crippen MR) is 91.8 cm³/mol. The van der Waals surface area contributed by atoms with Crippen molar-refractivity contribution in [2.75, 3.05) is 20.8 Å². The molecule has 1 unspecified atom stereocenters. The van der Waals surface area contributed by atoms with Crippen LogP contribution in [0.3, 0.4) is 0 Å². The van der Waals surface area contributed by atoms with E-state index in [2.05, 4.69) is 41.2 Å². The predicted octanol–water partition coefficient (Wildman–Crippen LogP) is 4.54. The van der Waals surface area contributed by atoms with Crippen LogP contribution in [-0.4, -0.2) is 20.8 Å². The molecule has 1 aromatic heterocycles. The van der Waals surface area contributed by atoms with E-state index in [-0.39, 0.29) is 6.04 Å². The number of hydrogen-bond acceptors (Lipinski definition) is 4. The standard InChI is InChI=1S/C16H20BrNO2S/c1-5-18-16(14-9-11(17)10(2)21-14)15-12(19-3)7-6-8-13(15)20-4/h6-9,16,18H,5H2,1-4H3. The van der Waals surface area contributed by atoms with Crippen molar-refractivity contribution in [1.82, 2.24) is 5.32 Å². The van der Waals surface area contributed by atoms with Crippen molar-refractivity contribution in [2.24, 2.45) is 0 Å². The van der Waals surface area contributed by atoms with E-state index < -0.39 is 0 Å². The topological polar surface area (TPSA) is 30.5 Å². The molecule has 0 amide bonds. The van der Waals surface area contributed by atoms with Crippen LogP contribution < -0.4 is 14.8 Å². The first-order chi connectivity index (χ1) is 10.1. The van der Waals surface area contributed by atoms with E-state index in [1.54, 1.807) is 25.6 Å². The highest BCUT2D eigenvalue weighted by Crippen LogP contribution is 2.41. The van der Waals surface area contributed by atoms with Gasteiger partial charge in [-0.1, -0.05) is 13.0 Å². The van der Waals surface area contributed by atoms with E-state index in [1.807, 2.05) is 18.2 Å². The molecule has 0 bridgehead atoms. The summed E-state index contributed by atoms with van der Waals surface area (Å²) >= 11 is 5.37. The molecule has 2 rings (SSSR count). The van der Waals surface area contributed by atoms with Gasteiger partial charge in [-0.3, -0.25) is 0 Å². The molecule has 0 radical (unpaired) electrons. The minimum Gasteiger partial charge on any atom is -0.496 e. The Hall–Kier alpha value is -1.04. The van der Waals surface area contributed by atoms with E-state index in [0.29, 0.717) is 0 Å². The normalized spacial score (nSPS) is 12.2. The summed E-state index contributed by atoms with van der Waals surface area (Å²) in [6.45, 7) is 5.07. The summed E-state index contributed by atoms with van der Waals surface area (Å²) in [6, 6.07) is 8.10. The lowest BCUT2D eigenvalue weighted by atomic mass is 10.0. The number of benzene rings is 1. The average Bonchev–Trinajstić information content (AvgIpc) is 2.83. The van der Waals surface area contributed by atoms with Crippen LogP contribution in [0, 0.1) is 6.92 Å². The second-order valence-electron chi connectivity index (χ2n) is 4.62. The van der Waals surface area contributed by atoms with Crippen molar-refractivity contribution in [3.8, 4) is 11.5 Å². The zero-order chi connectivity index (χ0) is 15.4. The van der Waals surface area contributed by atoms with Gasteiger partial charge in [0.25, 0.3) is 0 Å². The first-order valence-corrected chi connectivity index (χ1v) is 8.43. The number of hydrogen-bond donors (Lipinski definition) is 1. The Morgan fingerprint density at radius 1 is 1.24 bits per heavy atom. The van der Waals surface area contributed by atoms with Crippen LogP contribution in [-0.2, 0) is 0 Å². The van der Waals surface area contributed by atoms with Gasteiger partial charge in [-0.05, 0) is 47.6 Å². The quantitative estimate of drug-likeness (QED) is 0.810. The molecule has 1 N–H and O–H groups in total. The van der Waals surface area contributed by atoms with Crippen molar-refractivity contribution in [3.63, 3.8) is 0 Å². The first kappa shape index (κ1) is 16.3. The van der Waals surface area contributed by atoms with E-state index in [1.165, 1.54) is 9.75 Å². The monoisotopic (exact) mass is 369 g/mol. The molecule has 0 spiro atoms. The number of methoxy groups -OCH3 is 2. The second kappa shape index (κ2) is 7.29. The molecule has 0 saturated heterocycles. The van der Waals surface area contributed by atoms with Gasteiger partial charge < -0.3 is 14.8 Å². The minimum atomic E-state index is 0.0519. The summed E-state index contributed by atoms with van der Waals surface area (Å²) in [5.74, 6) is 1.67. The highest BCUT2D eigenvalue weighted by molar-refractivity contribution is 9.10. The van der Waals surface area contributed by atoms with Gasteiger partial charge in [0.15, 0.2) is 0 Å². The van der Waals surface area contributed by atoms with Crippen molar-refractivity contribution in [2.45, 2.75) is 19.9 Å². The highest BCUT2D eigenvalue weighted by atomic mass is 79.9. The summed E-state index contributed by atoms with van der Waals surface area (Å²) in [7, 11) is 3.38. The molecule has 0 aliphatic heterocycles. The van der Waals surface area contributed by atoms with Gasteiger partial charge in [0, 0.05) is 14.2 Å². The smallest absolute Gasteiger partial charge is 0.127 e. The van der Waals surface area contributed by atoms with Gasteiger partial charge in [0.1, 0.15) is 11.5 Å². The molecule has 21 heavy (non-hydrogen) atoms. The van der Waals surface area contributed by atoms with Gasteiger partial charge in [0.05, 0.1) is 25.8 Å². The molecule has 3 nitrogen and oxygen atoms in total. The fraction of sp³-hybridized carbons (Fsp3) is 0.375. The van der Waals surface area contributed by atoms with Crippen LogP contribution in [0.1, 0.15) is 28.3 Å². The Morgan fingerprint density at radius 2 is 1.86 bits per heavy atom. The van der Waals surface area contributed by atoms with Gasteiger partial charge in [0.2, 0.25) is 0 Å². The van der Waals surface area contributed by atoms with Gasteiger partial charge in [-0.15, -0.1) is 11.3 Å². The number of nitrogens with one attached hydrogen (secondary N) is 1. The second-order valence-corrected chi connectivity index (χ2v) is 6.76. The molecule has 1 atom stereocenters. The van der Waals surface area contributed by atoms with Crippen LogP contribution >= 0.6 is 27.3 Å². The summed E-state index contributed by atoms with van der Waals surface area (Å²) in [5, 5.41) is 3.53. The molecule has 0 fully saturated rings. The number of rotatable bonds is 6. The van der Waals surface area contributed by atoms with Crippen LogP contribution in [0.4, 0.5) is 0 Å². The Labute approximate surface area is 138 Å². The molecular formula is C16H20BrNO2S. The SMILES string of the molecule is CCNC(c1cc(Br)c(C)s1)c1c(OC)cccc1OC. The van der Waals surface area contributed by atoms with Crippen molar-refractivity contribution < 1.29 is 9.47 Å². The molecule has 1 aromatic carbocycles. The zero-order valence-electron chi connectivity index (χ0n) is 12.7. The third kappa shape index (κ3) is 3.42.